The summed E-state index contributed by atoms with van der Waals surface area (Å²) < 4.78 is 0.753. The number of carbonyl (C=O) groups excluding carboxylic acids is 1. The number of halogens is 1. The first-order valence-corrected chi connectivity index (χ1v) is 6.06. The smallest absolute Gasteiger partial charge is 0.239 e. The molecule has 0 fully saturated rings. The molecule has 0 spiro atoms. The first-order valence-electron chi connectivity index (χ1n) is 5.26. The maximum absolute atomic E-state index is 11.5. The van der Waals surface area contributed by atoms with E-state index in [2.05, 4.69) is 36.5 Å². The summed E-state index contributed by atoms with van der Waals surface area (Å²) in [4.78, 5) is 21.6. The Morgan fingerprint density at radius 3 is 2.88 bits per heavy atom. The van der Waals surface area contributed by atoms with Gasteiger partial charge in [0.2, 0.25) is 11.9 Å². The lowest BCUT2D eigenvalue weighted by atomic mass is 10.4. The molecule has 0 saturated carbocycles. The van der Waals surface area contributed by atoms with Gasteiger partial charge in [-0.15, -0.1) is 0 Å². The molecule has 1 aromatic heterocycles. The summed E-state index contributed by atoms with van der Waals surface area (Å²) in [5.74, 6) is 1.16. The lowest BCUT2D eigenvalue weighted by Gasteiger charge is -2.19. The first kappa shape index (κ1) is 13.7. The molecule has 0 saturated heterocycles. The van der Waals surface area contributed by atoms with Gasteiger partial charge in [-0.1, -0.05) is 0 Å². The molecule has 0 bridgehead atoms. The van der Waals surface area contributed by atoms with Crippen molar-refractivity contribution in [2.24, 2.45) is 0 Å². The predicted octanol–water partition coefficient (Wildman–Crippen LogP) is 0.853. The maximum Gasteiger partial charge on any atom is 0.239 e. The van der Waals surface area contributed by atoms with Gasteiger partial charge in [0.05, 0.1) is 11.0 Å². The van der Waals surface area contributed by atoms with E-state index in [9.17, 15) is 4.79 Å². The van der Waals surface area contributed by atoms with Crippen LogP contribution in [0.3, 0.4) is 0 Å². The van der Waals surface area contributed by atoms with Crippen molar-refractivity contribution < 1.29 is 4.79 Å². The molecule has 0 aromatic carbocycles. The molecule has 0 aliphatic rings. The summed E-state index contributed by atoms with van der Waals surface area (Å²) in [5, 5.41) is 5.60. The van der Waals surface area contributed by atoms with E-state index in [1.54, 1.807) is 18.1 Å². The van der Waals surface area contributed by atoms with Crippen LogP contribution in [0.5, 0.6) is 0 Å². The van der Waals surface area contributed by atoms with E-state index in [4.69, 9.17) is 0 Å². The lowest BCUT2D eigenvalue weighted by Crippen LogP contribution is -2.35. The lowest BCUT2D eigenvalue weighted by molar-refractivity contribution is -0.119. The van der Waals surface area contributed by atoms with Crippen LogP contribution >= 0.6 is 15.9 Å². The molecule has 1 heterocycles. The highest BCUT2D eigenvalue weighted by Crippen LogP contribution is 2.22. The Hall–Kier alpha value is -1.37. The maximum atomic E-state index is 11.5. The Balaban J connectivity index is 2.80. The number of hydrogen-bond donors (Lipinski definition) is 2. The van der Waals surface area contributed by atoms with Crippen molar-refractivity contribution in [3.05, 3.63) is 10.7 Å². The minimum absolute atomic E-state index is 0.0356. The molecule has 0 aliphatic heterocycles. The highest BCUT2D eigenvalue weighted by molar-refractivity contribution is 9.10. The molecule has 0 unspecified atom stereocenters. The molecule has 17 heavy (non-hydrogen) atoms. The van der Waals surface area contributed by atoms with Gasteiger partial charge in [-0.3, -0.25) is 4.79 Å². The topological polar surface area (TPSA) is 70.2 Å². The van der Waals surface area contributed by atoms with Gasteiger partial charge in [0, 0.05) is 26.8 Å². The third-order valence-corrected chi connectivity index (χ3v) is 2.62. The normalized spacial score (nSPS) is 9.88. The zero-order valence-electron chi connectivity index (χ0n) is 10.1. The third-order valence-electron chi connectivity index (χ3n) is 2.07. The number of likely N-dealkylation sites (N-methyl/N-ethyl adjacent to an activating group) is 2. The molecule has 1 amide bonds. The fraction of sp³-hybridized carbons (Fsp3) is 0.500. The molecule has 7 heteroatoms. The quantitative estimate of drug-likeness (QED) is 0.844. The van der Waals surface area contributed by atoms with Crippen LogP contribution in [0.4, 0.5) is 11.8 Å². The van der Waals surface area contributed by atoms with E-state index < -0.39 is 0 Å². The number of nitrogens with one attached hydrogen (secondary N) is 2. The van der Waals surface area contributed by atoms with E-state index in [-0.39, 0.29) is 12.5 Å². The molecular formula is C10H16BrN5O. The molecule has 6 nitrogen and oxygen atoms in total. The van der Waals surface area contributed by atoms with Gasteiger partial charge in [-0.25, -0.2) is 4.98 Å². The molecule has 1 aromatic rings. The van der Waals surface area contributed by atoms with Crippen LogP contribution in [-0.4, -0.2) is 43.1 Å². The van der Waals surface area contributed by atoms with Gasteiger partial charge in [0.15, 0.2) is 0 Å². The number of amides is 1. The Bertz CT molecular complexity index is 398. The fourth-order valence-corrected chi connectivity index (χ4v) is 1.78. The van der Waals surface area contributed by atoms with Gasteiger partial charge < -0.3 is 15.5 Å². The molecule has 2 N–H and O–H groups in total. The molecule has 94 valence electrons. The Labute approximate surface area is 109 Å². The number of aromatic nitrogens is 2. The Morgan fingerprint density at radius 2 is 2.29 bits per heavy atom. The predicted molar refractivity (Wildman–Crippen MR) is 71.2 cm³/mol. The summed E-state index contributed by atoms with van der Waals surface area (Å²) in [6.07, 6.45) is 1.66. The fourth-order valence-electron chi connectivity index (χ4n) is 1.29. The minimum atomic E-state index is -0.0356. The van der Waals surface area contributed by atoms with Crippen molar-refractivity contribution in [2.75, 3.05) is 37.4 Å². The van der Waals surface area contributed by atoms with Gasteiger partial charge in [0.1, 0.15) is 5.82 Å². The number of rotatable bonds is 5. The van der Waals surface area contributed by atoms with E-state index in [1.807, 2.05) is 14.0 Å². The van der Waals surface area contributed by atoms with Crippen LogP contribution in [0.15, 0.2) is 10.7 Å². The summed E-state index contributed by atoms with van der Waals surface area (Å²) >= 11 is 3.36. The van der Waals surface area contributed by atoms with Crippen molar-refractivity contribution >= 4 is 33.6 Å². The van der Waals surface area contributed by atoms with Crippen molar-refractivity contribution in [2.45, 2.75) is 6.92 Å². The zero-order chi connectivity index (χ0) is 12.8. The van der Waals surface area contributed by atoms with Gasteiger partial charge in [-0.2, -0.15) is 4.98 Å². The van der Waals surface area contributed by atoms with E-state index in [0.717, 1.165) is 4.47 Å². The second kappa shape index (κ2) is 6.39. The van der Waals surface area contributed by atoms with Crippen LogP contribution in [0.25, 0.3) is 0 Å². The van der Waals surface area contributed by atoms with Crippen LogP contribution in [0.2, 0.25) is 0 Å². The monoisotopic (exact) mass is 301 g/mol. The number of anilines is 2. The number of carbonyl (C=O) groups is 1. The summed E-state index contributed by atoms with van der Waals surface area (Å²) in [5.41, 5.74) is 0. The molecule has 0 aliphatic carbocycles. The Morgan fingerprint density at radius 1 is 1.59 bits per heavy atom. The average Bonchev–Trinajstić information content (AvgIpc) is 2.29. The minimum Gasteiger partial charge on any atom is -0.357 e. The van der Waals surface area contributed by atoms with Gasteiger partial charge in [0.25, 0.3) is 0 Å². The van der Waals surface area contributed by atoms with Crippen LogP contribution < -0.4 is 15.5 Å². The summed E-state index contributed by atoms with van der Waals surface area (Å²) in [7, 11) is 3.55. The van der Waals surface area contributed by atoms with Crippen molar-refractivity contribution in [3.8, 4) is 0 Å². The standard InChI is InChI=1S/C10H16BrN5O/c1-4-13-8(17)6-16(3)9-7(11)5-14-10(12-2)15-9/h5H,4,6H2,1-3H3,(H,13,17)(H,12,14,15). The van der Waals surface area contributed by atoms with Crippen molar-refractivity contribution in [1.29, 1.82) is 0 Å². The second-order valence-electron chi connectivity index (χ2n) is 3.42. The molecular weight excluding hydrogens is 286 g/mol. The van der Waals surface area contributed by atoms with Crippen molar-refractivity contribution in [3.63, 3.8) is 0 Å². The van der Waals surface area contributed by atoms with Gasteiger partial charge >= 0.3 is 0 Å². The first-order chi connectivity index (χ1) is 8.08. The van der Waals surface area contributed by atoms with E-state index in [0.29, 0.717) is 18.3 Å². The molecule has 0 atom stereocenters. The van der Waals surface area contributed by atoms with Gasteiger partial charge in [-0.05, 0) is 22.9 Å². The van der Waals surface area contributed by atoms with Crippen molar-refractivity contribution in [1.82, 2.24) is 15.3 Å². The van der Waals surface area contributed by atoms with Crippen LogP contribution in [0.1, 0.15) is 6.92 Å². The zero-order valence-corrected chi connectivity index (χ0v) is 11.7. The second-order valence-corrected chi connectivity index (χ2v) is 4.28. The van der Waals surface area contributed by atoms with Crippen LogP contribution in [0, 0.1) is 0 Å². The Kier molecular flexibility index (Phi) is 5.14. The number of hydrogen-bond acceptors (Lipinski definition) is 5. The highest BCUT2D eigenvalue weighted by atomic mass is 79.9. The van der Waals surface area contributed by atoms with E-state index >= 15 is 0 Å². The van der Waals surface area contributed by atoms with E-state index in [1.165, 1.54) is 0 Å². The SMILES string of the molecule is CCNC(=O)CN(C)c1nc(NC)ncc1Br. The highest BCUT2D eigenvalue weighted by Gasteiger charge is 2.12. The third kappa shape index (κ3) is 3.85. The average molecular weight is 302 g/mol. The molecule has 1 rings (SSSR count). The molecule has 0 radical (unpaired) electrons. The number of nitrogens with zero attached hydrogens (tertiary/aromatic N) is 3. The summed E-state index contributed by atoms with van der Waals surface area (Å²) in [6, 6.07) is 0. The largest absolute Gasteiger partial charge is 0.357 e. The summed E-state index contributed by atoms with van der Waals surface area (Å²) in [6.45, 7) is 2.77. The van der Waals surface area contributed by atoms with Crippen LogP contribution in [-0.2, 0) is 4.79 Å².